The molecule has 0 aromatic carbocycles. The normalized spacial score (nSPS) is 18.4. The first-order valence-corrected chi connectivity index (χ1v) is 7.36. The van der Waals surface area contributed by atoms with Gasteiger partial charge in [0.05, 0.1) is 6.61 Å². The number of rotatable bonds is 5. The van der Waals surface area contributed by atoms with Crippen LogP contribution >= 0.6 is 11.8 Å². The SMILES string of the molecule is CCOC(=O)C(C)(C)SCC1CCCCC1. The molecule has 0 heterocycles. The summed E-state index contributed by atoms with van der Waals surface area (Å²) in [7, 11) is 0. The average molecular weight is 244 g/mol. The maximum absolute atomic E-state index is 11.7. The monoisotopic (exact) mass is 244 g/mol. The quantitative estimate of drug-likeness (QED) is 0.691. The van der Waals surface area contributed by atoms with Crippen LogP contribution in [0.25, 0.3) is 0 Å². The summed E-state index contributed by atoms with van der Waals surface area (Å²) >= 11 is 1.76. The molecule has 1 saturated carbocycles. The Balaban J connectivity index is 2.31. The third-order valence-electron chi connectivity index (χ3n) is 3.17. The summed E-state index contributed by atoms with van der Waals surface area (Å²) in [5.74, 6) is 1.84. The summed E-state index contributed by atoms with van der Waals surface area (Å²) in [6, 6.07) is 0. The van der Waals surface area contributed by atoms with Crippen molar-refractivity contribution >= 4 is 17.7 Å². The average Bonchev–Trinajstić information content (AvgIpc) is 2.28. The van der Waals surface area contributed by atoms with Gasteiger partial charge in [0.2, 0.25) is 0 Å². The molecule has 2 nitrogen and oxygen atoms in total. The highest BCUT2D eigenvalue weighted by Gasteiger charge is 2.30. The molecule has 0 spiro atoms. The summed E-state index contributed by atoms with van der Waals surface area (Å²) in [6.07, 6.45) is 6.80. The molecule has 0 N–H and O–H groups in total. The second kappa shape index (κ2) is 6.53. The summed E-state index contributed by atoms with van der Waals surface area (Å²) in [6.45, 7) is 6.28. The largest absolute Gasteiger partial charge is 0.465 e. The minimum atomic E-state index is -0.381. The maximum Gasteiger partial charge on any atom is 0.321 e. The first-order chi connectivity index (χ1) is 7.56. The molecular weight excluding hydrogens is 220 g/mol. The maximum atomic E-state index is 11.7. The van der Waals surface area contributed by atoms with Crippen LogP contribution in [0.1, 0.15) is 52.9 Å². The van der Waals surface area contributed by atoms with Gasteiger partial charge in [-0.25, -0.2) is 0 Å². The highest BCUT2D eigenvalue weighted by Crippen LogP contribution is 2.33. The van der Waals surface area contributed by atoms with Crippen LogP contribution in [0, 0.1) is 5.92 Å². The van der Waals surface area contributed by atoms with Gasteiger partial charge in [0, 0.05) is 0 Å². The predicted molar refractivity (Wildman–Crippen MR) is 69.7 cm³/mol. The number of esters is 1. The van der Waals surface area contributed by atoms with E-state index in [0.717, 1.165) is 11.7 Å². The van der Waals surface area contributed by atoms with E-state index >= 15 is 0 Å². The Bertz CT molecular complexity index is 220. The molecule has 16 heavy (non-hydrogen) atoms. The summed E-state index contributed by atoms with van der Waals surface area (Å²) in [5.41, 5.74) is 0. The van der Waals surface area contributed by atoms with Gasteiger partial charge < -0.3 is 4.74 Å². The number of carbonyl (C=O) groups excluding carboxylic acids is 1. The van der Waals surface area contributed by atoms with Crippen molar-refractivity contribution in [1.82, 2.24) is 0 Å². The van der Waals surface area contributed by atoms with Crippen molar-refractivity contribution in [2.24, 2.45) is 5.92 Å². The van der Waals surface area contributed by atoms with Crippen LogP contribution in [-0.4, -0.2) is 23.1 Å². The smallest absolute Gasteiger partial charge is 0.321 e. The van der Waals surface area contributed by atoms with E-state index in [4.69, 9.17) is 4.74 Å². The molecule has 1 fully saturated rings. The molecular formula is C13H24O2S. The van der Waals surface area contributed by atoms with Crippen molar-refractivity contribution in [3.63, 3.8) is 0 Å². The van der Waals surface area contributed by atoms with Crippen molar-refractivity contribution < 1.29 is 9.53 Å². The van der Waals surface area contributed by atoms with Crippen molar-refractivity contribution in [3.05, 3.63) is 0 Å². The molecule has 0 atom stereocenters. The van der Waals surface area contributed by atoms with Gasteiger partial charge in [0.15, 0.2) is 0 Å². The topological polar surface area (TPSA) is 26.3 Å². The Hall–Kier alpha value is -0.180. The third-order valence-corrected chi connectivity index (χ3v) is 4.70. The lowest BCUT2D eigenvalue weighted by atomic mass is 9.91. The number of ether oxygens (including phenoxy) is 1. The van der Waals surface area contributed by atoms with E-state index in [9.17, 15) is 4.79 Å². The van der Waals surface area contributed by atoms with Crippen LogP contribution in [0.15, 0.2) is 0 Å². The van der Waals surface area contributed by atoms with Crippen LogP contribution in [0.2, 0.25) is 0 Å². The van der Waals surface area contributed by atoms with Gasteiger partial charge in [-0.1, -0.05) is 19.3 Å². The van der Waals surface area contributed by atoms with E-state index in [1.54, 1.807) is 11.8 Å². The second-order valence-corrected chi connectivity index (χ2v) is 6.69. The summed E-state index contributed by atoms with van der Waals surface area (Å²) < 4.78 is 4.71. The van der Waals surface area contributed by atoms with Gasteiger partial charge in [-0.05, 0) is 45.3 Å². The minimum Gasteiger partial charge on any atom is -0.465 e. The lowest BCUT2D eigenvalue weighted by molar-refractivity contribution is -0.145. The van der Waals surface area contributed by atoms with Crippen molar-refractivity contribution in [1.29, 1.82) is 0 Å². The molecule has 1 rings (SSSR count). The van der Waals surface area contributed by atoms with Crippen molar-refractivity contribution in [2.75, 3.05) is 12.4 Å². The zero-order chi connectivity index (χ0) is 12.0. The molecule has 3 heteroatoms. The Morgan fingerprint density at radius 3 is 2.50 bits per heavy atom. The number of hydrogen-bond acceptors (Lipinski definition) is 3. The van der Waals surface area contributed by atoms with E-state index in [1.807, 2.05) is 20.8 Å². The number of hydrogen-bond donors (Lipinski definition) is 0. The minimum absolute atomic E-state index is 0.0733. The molecule has 0 aromatic rings. The predicted octanol–water partition coefficient (Wildman–Crippen LogP) is 3.64. The van der Waals surface area contributed by atoms with Gasteiger partial charge in [-0.3, -0.25) is 4.79 Å². The molecule has 0 radical (unpaired) electrons. The van der Waals surface area contributed by atoms with Gasteiger partial charge in [0.25, 0.3) is 0 Å². The summed E-state index contributed by atoms with van der Waals surface area (Å²) in [5, 5.41) is 0. The number of carbonyl (C=O) groups is 1. The lowest BCUT2D eigenvalue weighted by Crippen LogP contribution is -2.31. The Labute approximate surface area is 104 Å². The Morgan fingerprint density at radius 1 is 1.31 bits per heavy atom. The molecule has 1 aliphatic rings. The van der Waals surface area contributed by atoms with Gasteiger partial charge >= 0.3 is 5.97 Å². The molecule has 1 aliphatic carbocycles. The molecule has 0 aliphatic heterocycles. The van der Waals surface area contributed by atoms with Crippen LogP contribution in [-0.2, 0) is 9.53 Å². The zero-order valence-electron chi connectivity index (χ0n) is 10.8. The fraction of sp³-hybridized carbons (Fsp3) is 0.923. The van der Waals surface area contributed by atoms with E-state index < -0.39 is 0 Å². The first kappa shape index (κ1) is 13.9. The van der Waals surface area contributed by atoms with Crippen molar-refractivity contribution in [3.8, 4) is 0 Å². The lowest BCUT2D eigenvalue weighted by Gasteiger charge is -2.26. The number of thioether (sulfide) groups is 1. The van der Waals surface area contributed by atoms with E-state index in [-0.39, 0.29) is 10.7 Å². The molecule has 0 amide bonds. The zero-order valence-corrected chi connectivity index (χ0v) is 11.6. The first-order valence-electron chi connectivity index (χ1n) is 6.37. The highest BCUT2D eigenvalue weighted by molar-refractivity contribution is 8.01. The standard InChI is InChI=1S/C13H24O2S/c1-4-15-12(14)13(2,3)16-10-11-8-6-5-7-9-11/h11H,4-10H2,1-3H3. The molecule has 0 unspecified atom stereocenters. The Morgan fingerprint density at radius 2 is 1.94 bits per heavy atom. The van der Waals surface area contributed by atoms with E-state index in [0.29, 0.717) is 6.61 Å². The molecule has 0 saturated heterocycles. The van der Waals surface area contributed by atoms with Gasteiger partial charge in [-0.2, -0.15) is 0 Å². The van der Waals surface area contributed by atoms with Crippen LogP contribution in [0.4, 0.5) is 0 Å². The highest BCUT2D eigenvalue weighted by atomic mass is 32.2. The van der Waals surface area contributed by atoms with Crippen LogP contribution < -0.4 is 0 Å². The molecule has 0 aromatic heterocycles. The van der Waals surface area contributed by atoms with Crippen LogP contribution in [0.3, 0.4) is 0 Å². The van der Waals surface area contributed by atoms with E-state index in [2.05, 4.69) is 0 Å². The third kappa shape index (κ3) is 4.36. The fourth-order valence-corrected chi connectivity index (χ4v) is 3.21. The fourth-order valence-electron chi connectivity index (χ4n) is 2.04. The van der Waals surface area contributed by atoms with Gasteiger partial charge in [-0.15, -0.1) is 11.8 Å². The van der Waals surface area contributed by atoms with Crippen LogP contribution in [0.5, 0.6) is 0 Å². The van der Waals surface area contributed by atoms with E-state index in [1.165, 1.54) is 32.1 Å². The van der Waals surface area contributed by atoms with Crippen molar-refractivity contribution in [2.45, 2.75) is 57.6 Å². The van der Waals surface area contributed by atoms with Gasteiger partial charge in [0.1, 0.15) is 4.75 Å². The Kier molecular flexibility index (Phi) is 5.67. The molecule has 94 valence electrons. The molecule has 0 bridgehead atoms. The summed E-state index contributed by atoms with van der Waals surface area (Å²) in [4.78, 5) is 11.7. The second-order valence-electron chi connectivity index (χ2n) is 5.05.